The molecule has 0 aromatic carbocycles. The van der Waals surface area contributed by atoms with Gasteiger partial charge in [-0.2, -0.15) is 4.31 Å². The van der Waals surface area contributed by atoms with Gasteiger partial charge in [-0.1, -0.05) is 6.07 Å². The summed E-state index contributed by atoms with van der Waals surface area (Å²) in [5.41, 5.74) is 0. The van der Waals surface area contributed by atoms with Gasteiger partial charge in [-0.25, -0.2) is 8.42 Å². The van der Waals surface area contributed by atoms with Crippen molar-refractivity contribution in [1.29, 1.82) is 0 Å². The highest BCUT2D eigenvalue weighted by Gasteiger charge is 2.28. The van der Waals surface area contributed by atoms with Crippen LogP contribution in [0.3, 0.4) is 0 Å². The van der Waals surface area contributed by atoms with E-state index in [0.29, 0.717) is 18.0 Å². The highest BCUT2D eigenvalue weighted by atomic mass is 32.2. The number of hydrogen-bond acceptors (Lipinski definition) is 5. The first-order valence-electron chi connectivity index (χ1n) is 6.71. The van der Waals surface area contributed by atoms with E-state index in [2.05, 4.69) is 5.32 Å². The zero-order chi connectivity index (χ0) is 15.5. The number of rotatable bonds is 7. The topological polar surface area (TPSA) is 49.4 Å². The summed E-state index contributed by atoms with van der Waals surface area (Å²) in [6.07, 6.45) is 0. The molecule has 0 saturated carbocycles. The van der Waals surface area contributed by atoms with Crippen molar-refractivity contribution >= 4 is 32.7 Å². The van der Waals surface area contributed by atoms with Crippen LogP contribution in [0.5, 0.6) is 0 Å². The third-order valence-electron chi connectivity index (χ3n) is 3.06. The molecule has 0 saturated heterocycles. The summed E-state index contributed by atoms with van der Waals surface area (Å²) in [6, 6.07) is 5.60. The van der Waals surface area contributed by atoms with Gasteiger partial charge in [-0.15, -0.1) is 22.7 Å². The SMILES string of the molecule is CNCc1cc(S(=O)(=O)N(Cc2cccs2)C(C)C)cs1. The van der Waals surface area contributed by atoms with Crippen LogP contribution in [0.25, 0.3) is 0 Å². The normalized spacial score (nSPS) is 12.4. The number of nitrogens with one attached hydrogen (secondary N) is 1. The average molecular weight is 345 g/mol. The lowest BCUT2D eigenvalue weighted by atomic mass is 10.4. The molecule has 2 rings (SSSR count). The maximum absolute atomic E-state index is 12.8. The van der Waals surface area contributed by atoms with E-state index in [4.69, 9.17) is 0 Å². The Morgan fingerprint density at radius 1 is 1.29 bits per heavy atom. The number of hydrogen-bond donors (Lipinski definition) is 1. The summed E-state index contributed by atoms with van der Waals surface area (Å²) in [6.45, 7) is 4.93. The van der Waals surface area contributed by atoms with E-state index in [1.165, 1.54) is 11.3 Å². The summed E-state index contributed by atoms with van der Waals surface area (Å²) in [7, 11) is -1.60. The highest BCUT2D eigenvalue weighted by Crippen LogP contribution is 2.26. The fourth-order valence-corrected chi connectivity index (χ4v) is 5.67. The number of nitrogens with zero attached hydrogens (tertiary/aromatic N) is 1. The van der Waals surface area contributed by atoms with Gasteiger partial charge < -0.3 is 5.32 Å². The van der Waals surface area contributed by atoms with Crippen LogP contribution in [0.1, 0.15) is 23.6 Å². The molecule has 0 fully saturated rings. The van der Waals surface area contributed by atoms with Crippen molar-refractivity contribution in [3.63, 3.8) is 0 Å². The lowest BCUT2D eigenvalue weighted by Gasteiger charge is -2.24. The second-order valence-electron chi connectivity index (χ2n) is 5.00. The van der Waals surface area contributed by atoms with E-state index in [1.807, 2.05) is 38.4 Å². The van der Waals surface area contributed by atoms with Crippen molar-refractivity contribution in [3.8, 4) is 0 Å². The van der Waals surface area contributed by atoms with Crippen LogP contribution >= 0.6 is 22.7 Å². The largest absolute Gasteiger partial charge is 0.315 e. The molecule has 0 unspecified atom stereocenters. The Labute approximate surface area is 134 Å². The molecule has 21 heavy (non-hydrogen) atoms. The van der Waals surface area contributed by atoms with Gasteiger partial charge in [0.15, 0.2) is 0 Å². The molecule has 0 atom stereocenters. The van der Waals surface area contributed by atoms with E-state index < -0.39 is 10.0 Å². The minimum Gasteiger partial charge on any atom is -0.315 e. The molecule has 0 amide bonds. The molecule has 116 valence electrons. The van der Waals surface area contributed by atoms with Crippen molar-refractivity contribution in [3.05, 3.63) is 38.7 Å². The van der Waals surface area contributed by atoms with Crippen LogP contribution in [0.15, 0.2) is 33.9 Å². The van der Waals surface area contributed by atoms with E-state index in [9.17, 15) is 8.42 Å². The predicted molar refractivity (Wildman–Crippen MR) is 89.3 cm³/mol. The van der Waals surface area contributed by atoms with Gasteiger partial charge in [0.1, 0.15) is 0 Å². The van der Waals surface area contributed by atoms with Gasteiger partial charge in [0.25, 0.3) is 0 Å². The number of thiophene rings is 2. The smallest absolute Gasteiger partial charge is 0.244 e. The van der Waals surface area contributed by atoms with Gasteiger partial charge in [-0.3, -0.25) is 0 Å². The van der Waals surface area contributed by atoms with Crippen LogP contribution in [0, 0.1) is 0 Å². The molecule has 2 heterocycles. The maximum Gasteiger partial charge on any atom is 0.244 e. The van der Waals surface area contributed by atoms with Crippen LogP contribution in [-0.2, 0) is 23.1 Å². The summed E-state index contributed by atoms with van der Waals surface area (Å²) in [4.78, 5) is 2.47. The van der Waals surface area contributed by atoms with E-state index in [1.54, 1.807) is 27.1 Å². The fourth-order valence-electron chi connectivity index (χ4n) is 2.00. The average Bonchev–Trinajstić information content (AvgIpc) is 3.07. The molecule has 1 N–H and O–H groups in total. The van der Waals surface area contributed by atoms with Gasteiger partial charge in [0.05, 0.1) is 4.90 Å². The Morgan fingerprint density at radius 3 is 2.62 bits per heavy atom. The molecule has 2 aromatic heterocycles. The molecule has 0 aliphatic rings. The third kappa shape index (κ3) is 3.92. The molecule has 0 aliphatic heterocycles. The molecule has 2 aromatic rings. The highest BCUT2D eigenvalue weighted by molar-refractivity contribution is 7.89. The van der Waals surface area contributed by atoms with Gasteiger partial charge in [0.2, 0.25) is 10.0 Å². The monoisotopic (exact) mass is 344 g/mol. The predicted octanol–water partition coefficient (Wildman–Crippen LogP) is 3.13. The second kappa shape index (κ2) is 7.02. The van der Waals surface area contributed by atoms with Crippen LogP contribution in [0.2, 0.25) is 0 Å². The fraction of sp³-hybridized carbons (Fsp3) is 0.429. The Hall–Kier alpha value is -0.730. The van der Waals surface area contributed by atoms with Gasteiger partial charge in [-0.05, 0) is 38.4 Å². The van der Waals surface area contributed by atoms with E-state index in [-0.39, 0.29) is 6.04 Å². The molecular weight excluding hydrogens is 324 g/mol. The zero-order valence-electron chi connectivity index (χ0n) is 12.4. The van der Waals surface area contributed by atoms with Crippen molar-refractivity contribution < 1.29 is 8.42 Å². The van der Waals surface area contributed by atoms with Crippen molar-refractivity contribution in [2.45, 2.75) is 37.9 Å². The standard InChI is InChI=1S/C14H20N2O2S3/c1-11(2)16(9-12-5-4-6-19-12)21(17,18)14-7-13(8-15-3)20-10-14/h4-7,10-11,15H,8-9H2,1-3H3. The summed E-state index contributed by atoms with van der Waals surface area (Å²) >= 11 is 3.05. The lowest BCUT2D eigenvalue weighted by Crippen LogP contribution is -2.35. The molecule has 0 radical (unpaired) electrons. The minimum absolute atomic E-state index is 0.0789. The first-order chi connectivity index (χ1) is 9.95. The molecule has 0 spiro atoms. The summed E-state index contributed by atoms with van der Waals surface area (Å²) in [5, 5.41) is 6.74. The quantitative estimate of drug-likeness (QED) is 0.839. The molecule has 7 heteroatoms. The van der Waals surface area contributed by atoms with E-state index >= 15 is 0 Å². The molecular formula is C14H20N2O2S3. The Bertz CT molecular complexity index is 660. The van der Waals surface area contributed by atoms with Crippen molar-refractivity contribution in [1.82, 2.24) is 9.62 Å². The molecule has 0 bridgehead atoms. The second-order valence-corrected chi connectivity index (χ2v) is 8.92. The van der Waals surface area contributed by atoms with Gasteiger partial charge in [0, 0.05) is 34.3 Å². The first-order valence-corrected chi connectivity index (χ1v) is 9.91. The van der Waals surface area contributed by atoms with Gasteiger partial charge >= 0.3 is 0 Å². The lowest BCUT2D eigenvalue weighted by molar-refractivity contribution is 0.350. The zero-order valence-corrected chi connectivity index (χ0v) is 14.8. The first kappa shape index (κ1) is 16.6. The summed E-state index contributed by atoms with van der Waals surface area (Å²) < 4.78 is 27.2. The van der Waals surface area contributed by atoms with Crippen molar-refractivity contribution in [2.24, 2.45) is 0 Å². The van der Waals surface area contributed by atoms with E-state index in [0.717, 1.165) is 9.75 Å². The Kier molecular flexibility index (Phi) is 5.56. The maximum atomic E-state index is 12.8. The van der Waals surface area contributed by atoms with Crippen LogP contribution < -0.4 is 5.32 Å². The molecule has 4 nitrogen and oxygen atoms in total. The minimum atomic E-state index is -3.45. The Balaban J connectivity index is 2.28. The third-order valence-corrected chi connectivity index (χ3v) is 7.00. The van der Waals surface area contributed by atoms with Crippen molar-refractivity contribution in [2.75, 3.05) is 7.05 Å². The Morgan fingerprint density at radius 2 is 2.05 bits per heavy atom. The van der Waals surface area contributed by atoms with Crippen LogP contribution in [0.4, 0.5) is 0 Å². The van der Waals surface area contributed by atoms with Crippen LogP contribution in [-0.4, -0.2) is 25.8 Å². The number of sulfonamides is 1. The molecule has 0 aliphatic carbocycles. The summed E-state index contributed by atoms with van der Waals surface area (Å²) in [5.74, 6) is 0.